The van der Waals surface area contributed by atoms with Crippen LogP contribution in [0.3, 0.4) is 0 Å². The summed E-state index contributed by atoms with van der Waals surface area (Å²) < 4.78 is 0. The highest BCUT2D eigenvalue weighted by atomic mass is 17.3. The van der Waals surface area contributed by atoms with Crippen molar-refractivity contribution < 1.29 is 19.6 Å². The average Bonchev–Trinajstić information content (AvgIpc) is 2.68. The second-order valence-electron chi connectivity index (χ2n) is 4.76. The van der Waals surface area contributed by atoms with Crippen LogP contribution in [0.15, 0.2) is 0 Å². The van der Waals surface area contributed by atoms with Crippen LogP contribution < -0.4 is 0 Å². The molecule has 102 valence electrons. The third-order valence-electron chi connectivity index (χ3n) is 3.27. The molecule has 0 saturated carbocycles. The fraction of sp³-hybridized carbons (Fsp3) is 0.833. The standard InChI is InChI=1S/C12H20N2O4/c15-11-7-3-1-5-9-13(11)17-18-14-10-6-2-4-8-12(14)16/h1-10H2. The van der Waals surface area contributed by atoms with Crippen molar-refractivity contribution in [1.82, 2.24) is 10.1 Å². The van der Waals surface area contributed by atoms with Gasteiger partial charge in [-0.1, -0.05) is 22.8 Å². The van der Waals surface area contributed by atoms with Gasteiger partial charge in [0, 0.05) is 12.8 Å². The Morgan fingerprint density at radius 1 is 0.667 bits per heavy atom. The van der Waals surface area contributed by atoms with Gasteiger partial charge in [-0.25, -0.2) is 0 Å². The maximum Gasteiger partial charge on any atom is 0.248 e. The molecule has 18 heavy (non-hydrogen) atoms. The van der Waals surface area contributed by atoms with E-state index in [0.717, 1.165) is 38.5 Å². The first-order chi connectivity index (χ1) is 8.77. The molecule has 0 aromatic heterocycles. The van der Waals surface area contributed by atoms with Crippen molar-refractivity contribution in [2.24, 2.45) is 0 Å². The van der Waals surface area contributed by atoms with E-state index in [2.05, 4.69) is 0 Å². The molecule has 0 N–H and O–H groups in total. The van der Waals surface area contributed by atoms with Crippen LogP contribution in [0.25, 0.3) is 0 Å². The van der Waals surface area contributed by atoms with E-state index >= 15 is 0 Å². The van der Waals surface area contributed by atoms with Crippen molar-refractivity contribution in [2.75, 3.05) is 13.1 Å². The Hall–Kier alpha value is -1.14. The number of carbonyl (C=O) groups excluding carboxylic acids is 2. The van der Waals surface area contributed by atoms with Crippen molar-refractivity contribution >= 4 is 11.8 Å². The van der Waals surface area contributed by atoms with Crippen molar-refractivity contribution in [1.29, 1.82) is 0 Å². The molecular weight excluding hydrogens is 236 g/mol. The zero-order chi connectivity index (χ0) is 12.8. The second-order valence-corrected chi connectivity index (χ2v) is 4.76. The summed E-state index contributed by atoms with van der Waals surface area (Å²) in [5.41, 5.74) is 0. The summed E-state index contributed by atoms with van der Waals surface area (Å²) >= 11 is 0. The minimum Gasteiger partial charge on any atom is -0.272 e. The minimum atomic E-state index is -0.0743. The highest BCUT2D eigenvalue weighted by Crippen LogP contribution is 2.15. The van der Waals surface area contributed by atoms with Gasteiger partial charge in [0.15, 0.2) is 0 Å². The van der Waals surface area contributed by atoms with E-state index in [1.807, 2.05) is 0 Å². The average molecular weight is 256 g/mol. The summed E-state index contributed by atoms with van der Waals surface area (Å²) in [7, 11) is 0. The van der Waals surface area contributed by atoms with Gasteiger partial charge in [0.25, 0.3) is 0 Å². The molecule has 0 aromatic rings. The SMILES string of the molecule is O=C1CCCCCN1OON1CCCCCC1=O. The monoisotopic (exact) mass is 256 g/mol. The van der Waals surface area contributed by atoms with Gasteiger partial charge in [0.2, 0.25) is 11.8 Å². The number of hydrogen-bond acceptors (Lipinski definition) is 4. The normalized spacial score (nSPS) is 22.9. The molecule has 0 atom stereocenters. The summed E-state index contributed by atoms with van der Waals surface area (Å²) in [6.45, 7) is 1.06. The van der Waals surface area contributed by atoms with E-state index in [1.165, 1.54) is 10.1 Å². The molecule has 6 nitrogen and oxygen atoms in total. The summed E-state index contributed by atoms with van der Waals surface area (Å²) in [6, 6.07) is 0. The first-order valence-electron chi connectivity index (χ1n) is 6.73. The molecule has 0 aliphatic carbocycles. The van der Waals surface area contributed by atoms with Crippen molar-refractivity contribution in [3.63, 3.8) is 0 Å². The predicted molar refractivity (Wildman–Crippen MR) is 62.5 cm³/mol. The maximum absolute atomic E-state index is 11.7. The molecule has 2 fully saturated rings. The Labute approximate surface area is 107 Å². The third kappa shape index (κ3) is 3.68. The van der Waals surface area contributed by atoms with Gasteiger partial charge < -0.3 is 0 Å². The Bertz CT molecular complexity index is 278. The summed E-state index contributed by atoms with van der Waals surface area (Å²) in [6.07, 6.45) is 6.60. The molecule has 0 aromatic carbocycles. The predicted octanol–water partition coefficient (Wildman–Crippen LogP) is 1.57. The van der Waals surface area contributed by atoms with Crippen LogP contribution in [0.2, 0.25) is 0 Å². The topological polar surface area (TPSA) is 59.1 Å². The smallest absolute Gasteiger partial charge is 0.248 e. The van der Waals surface area contributed by atoms with Gasteiger partial charge in [0.05, 0.1) is 13.1 Å². The van der Waals surface area contributed by atoms with Gasteiger partial charge >= 0.3 is 0 Å². The Morgan fingerprint density at radius 2 is 1.11 bits per heavy atom. The molecular formula is C12H20N2O4. The van der Waals surface area contributed by atoms with Gasteiger partial charge in [-0.3, -0.25) is 9.59 Å². The number of hydrogen-bond donors (Lipinski definition) is 0. The fourth-order valence-electron chi connectivity index (χ4n) is 2.15. The van der Waals surface area contributed by atoms with Crippen LogP contribution in [0.5, 0.6) is 0 Å². The van der Waals surface area contributed by atoms with Crippen LogP contribution in [0, 0.1) is 0 Å². The lowest BCUT2D eigenvalue weighted by Gasteiger charge is -2.22. The summed E-state index contributed by atoms with van der Waals surface area (Å²) in [4.78, 5) is 33.4. The van der Waals surface area contributed by atoms with Crippen molar-refractivity contribution in [3.05, 3.63) is 0 Å². The summed E-state index contributed by atoms with van der Waals surface area (Å²) in [5, 5.41) is 2.45. The molecule has 2 heterocycles. The van der Waals surface area contributed by atoms with Gasteiger partial charge in [-0.15, -0.1) is 0 Å². The Kier molecular flexibility index (Phi) is 4.95. The maximum atomic E-state index is 11.7. The molecule has 2 aliphatic rings. The minimum absolute atomic E-state index is 0.0743. The van der Waals surface area contributed by atoms with E-state index < -0.39 is 0 Å². The molecule has 2 saturated heterocycles. The van der Waals surface area contributed by atoms with Crippen LogP contribution in [-0.2, 0) is 19.6 Å². The fourth-order valence-corrected chi connectivity index (χ4v) is 2.15. The highest BCUT2D eigenvalue weighted by molar-refractivity contribution is 5.75. The molecule has 0 radical (unpaired) electrons. The number of carbonyl (C=O) groups is 2. The van der Waals surface area contributed by atoms with Gasteiger partial charge in [-0.2, -0.15) is 10.1 Å². The molecule has 6 heteroatoms. The number of hydroxylamine groups is 4. The van der Waals surface area contributed by atoms with E-state index in [0.29, 0.717) is 25.9 Å². The van der Waals surface area contributed by atoms with Gasteiger partial charge in [0.1, 0.15) is 0 Å². The van der Waals surface area contributed by atoms with Crippen LogP contribution >= 0.6 is 0 Å². The van der Waals surface area contributed by atoms with E-state index in [-0.39, 0.29) is 11.8 Å². The Balaban J connectivity index is 1.81. The van der Waals surface area contributed by atoms with E-state index in [4.69, 9.17) is 9.98 Å². The molecule has 0 bridgehead atoms. The number of rotatable bonds is 3. The van der Waals surface area contributed by atoms with Crippen LogP contribution in [-0.4, -0.2) is 35.0 Å². The molecule has 2 rings (SSSR count). The molecule has 2 aliphatic heterocycles. The van der Waals surface area contributed by atoms with E-state index in [9.17, 15) is 9.59 Å². The van der Waals surface area contributed by atoms with Crippen LogP contribution in [0.1, 0.15) is 51.4 Å². The zero-order valence-corrected chi connectivity index (χ0v) is 10.6. The molecule has 0 unspecified atom stereocenters. The molecule has 2 amide bonds. The van der Waals surface area contributed by atoms with E-state index in [1.54, 1.807) is 0 Å². The van der Waals surface area contributed by atoms with Crippen molar-refractivity contribution in [2.45, 2.75) is 51.4 Å². The zero-order valence-electron chi connectivity index (χ0n) is 10.6. The third-order valence-corrected chi connectivity index (χ3v) is 3.27. The lowest BCUT2D eigenvalue weighted by Crippen LogP contribution is -2.37. The second kappa shape index (κ2) is 6.70. The Morgan fingerprint density at radius 3 is 1.56 bits per heavy atom. The lowest BCUT2D eigenvalue weighted by atomic mass is 10.2. The first kappa shape index (κ1) is 13.3. The largest absolute Gasteiger partial charge is 0.272 e. The number of amides is 2. The quantitative estimate of drug-likeness (QED) is 0.568. The summed E-state index contributed by atoms with van der Waals surface area (Å²) in [5.74, 6) is -0.149. The highest BCUT2D eigenvalue weighted by Gasteiger charge is 2.23. The lowest BCUT2D eigenvalue weighted by molar-refractivity contribution is -0.489. The first-order valence-corrected chi connectivity index (χ1v) is 6.73. The van der Waals surface area contributed by atoms with Crippen LogP contribution in [0.4, 0.5) is 0 Å². The van der Waals surface area contributed by atoms with Gasteiger partial charge in [-0.05, 0) is 25.7 Å². The molecule has 0 spiro atoms. The number of nitrogens with zero attached hydrogens (tertiary/aromatic N) is 2. The van der Waals surface area contributed by atoms with Crippen molar-refractivity contribution in [3.8, 4) is 0 Å².